The normalized spacial score (nSPS) is 10.3. The third kappa shape index (κ3) is 7.45. The molecule has 0 spiro atoms. The van der Waals surface area contributed by atoms with E-state index in [0.717, 1.165) is 25.7 Å². The van der Waals surface area contributed by atoms with Gasteiger partial charge in [0.05, 0.1) is 6.61 Å². The van der Waals surface area contributed by atoms with Crippen molar-refractivity contribution in [1.29, 1.82) is 0 Å². The Balaban J connectivity index is 1.44. The second-order valence-corrected chi connectivity index (χ2v) is 5.37. The van der Waals surface area contributed by atoms with Crippen molar-refractivity contribution in [2.75, 3.05) is 6.61 Å². The van der Waals surface area contributed by atoms with E-state index in [0.29, 0.717) is 6.61 Å². The first-order valence-electron chi connectivity index (χ1n) is 8.14. The predicted octanol–water partition coefficient (Wildman–Crippen LogP) is 4.79. The molecule has 4 nitrogen and oxygen atoms in total. The molecular formula is C19H23NO3. The van der Waals surface area contributed by atoms with Crippen molar-refractivity contribution in [3.05, 3.63) is 60.3 Å². The summed E-state index contributed by atoms with van der Waals surface area (Å²) < 4.78 is 9.96. The average Bonchev–Trinajstić information content (AvgIpc) is 2.59. The molecule has 0 radical (unpaired) electrons. The first-order chi connectivity index (χ1) is 11.3. The van der Waals surface area contributed by atoms with Gasteiger partial charge < -0.3 is 9.47 Å². The van der Waals surface area contributed by atoms with Crippen molar-refractivity contribution >= 4 is 6.16 Å². The fraction of sp³-hybridized carbons (Fsp3) is 0.368. The summed E-state index contributed by atoms with van der Waals surface area (Å²) >= 11 is 0. The number of aromatic nitrogens is 1. The number of benzene rings is 1. The number of carbonyl (C=O) groups is 1. The summed E-state index contributed by atoms with van der Waals surface area (Å²) in [4.78, 5) is 15.3. The zero-order chi connectivity index (χ0) is 16.2. The molecule has 1 aromatic carbocycles. The molecular weight excluding hydrogens is 290 g/mol. The van der Waals surface area contributed by atoms with Crippen LogP contribution in [0.4, 0.5) is 4.79 Å². The van der Waals surface area contributed by atoms with Gasteiger partial charge in [-0.25, -0.2) is 9.78 Å². The Labute approximate surface area is 137 Å². The van der Waals surface area contributed by atoms with Crippen molar-refractivity contribution in [2.24, 2.45) is 0 Å². The standard InChI is InChI=1S/C19H23NO3/c21-19(23-18-14-8-9-15-20-18)22-16-10-3-1-2-5-11-17-12-6-4-7-13-17/h4,6-9,12-15H,1-3,5,10-11,16H2. The van der Waals surface area contributed by atoms with Crippen LogP contribution in [0.15, 0.2) is 54.7 Å². The van der Waals surface area contributed by atoms with E-state index < -0.39 is 6.16 Å². The van der Waals surface area contributed by atoms with Gasteiger partial charge in [0.1, 0.15) is 0 Å². The Hall–Kier alpha value is -2.36. The van der Waals surface area contributed by atoms with E-state index in [4.69, 9.17) is 9.47 Å². The molecule has 0 saturated heterocycles. The molecule has 0 aliphatic rings. The van der Waals surface area contributed by atoms with Crippen molar-refractivity contribution in [1.82, 2.24) is 4.98 Å². The number of hydrogen-bond donors (Lipinski definition) is 0. The average molecular weight is 313 g/mol. The quantitative estimate of drug-likeness (QED) is 0.493. The zero-order valence-corrected chi connectivity index (χ0v) is 13.3. The van der Waals surface area contributed by atoms with Crippen molar-refractivity contribution in [3.8, 4) is 5.88 Å². The molecule has 1 heterocycles. The van der Waals surface area contributed by atoms with Gasteiger partial charge in [-0.3, -0.25) is 0 Å². The molecule has 0 N–H and O–H groups in total. The summed E-state index contributed by atoms with van der Waals surface area (Å²) in [5.74, 6) is 0.262. The van der Waals surface area contributed by atoms with Crippen LogP contribution in [0.2, 0.25) is 0 Å². The summed E-state index contributed by atoms with van der Waals surface area (Å²) in [5, 5.41) is 0. The largest absolute Gasteiger partial charge is 0.515 e. The molecule has 2 aromatic rings. The van der Waals surface area contributed by atoms with E-state index in [1.807, 2.05) is 6.07 Å². The highest BCUT2D eigenvalue weighted by Crippen LogP contribution is 2.09. The van der Waals surface area contributed by atoms with Gasteiger partial charge in [0.15, 0.2) is 0 Å². The predicted molar refractivity (Wildman–Crippen MR) is 89.4 cm³/mol. The summed E-state index contributed by atoms with van der Waals surface area (Å²) in [7, 11) is 0. The fourth-order valence-corrected chi connectivity index (χ4v) is 2.28. The number of rotatable bonds is 9. The van der Waals surface area contributed by atoms with E-state index >= 15 is 0 Å². The molecule has 0 aliphatic carbocycles. The lowest BCUT2D eigenvalue weighted by Gasteiger charge is -2.05. The summed E-state index contributed by atoms with van der Waals surface area (Å²) in [5.41, 5.74) is 1.40. The minimum atomic E-state index is -0.687. The van der Waals surface area contributed by atoms with Crippen LogP contribution in [-0.4, -0.2) is 17.7 Å². The SMILES string of the molecule is O=C(OCCCCCCCc1ccccc1)Oc1ccccn1. The van der Waals surface area contributed by atoms with Crippen LogP contribution >= 0.6 is 0 Å². The second kappa shape index (κ2) is 10.4. The molecule has 0 unspecified atom stereocenters. The molecule has 0 amide bonds. The maximum atomic E-state index is 11.4. The Morgan fingerprint density at radius 3 is 2.39 bits per heavy atom. The lowest BCUT2D eigenvalue weighted by Crippen LogP contribution is -2.12. The summed E-state index contributed by atoms with van der Waals surface area (Å²) in [6.07, 6.45) is 7.50. The zero-order valence-electron chi connectivity index (χ0n) is 13.3. The molecule has 0 bridgehead atoms. The molecule has 2 rings (SSSR count). The van der Waals surface area contributed by atoms with Crippen LogP contribution in [0.25, 0.3) is 0 Å². The lowest BCUT2D eigenvalue weighted by molar-refractivity contribution is 0.0957. The van der Waals surface area contributed by atoms with Gasteiger partial charge in [-0.05, 0) is 30.9 Å². The Morgan fingerprint density at radius 1 is 0.870 bits per heavy atom. The molecule has 0 atom stereocenters. The van der Waals surface area contributed by atoms with Crippen molar-refractivity contribution < 1.29 is 14.3 Å². The van der Waals surface area contributed by atoms with Crippen LogP contribution in [0.5, 0.6) is 5.88 Å². The van der Waals surface area contributed by atoms with E-state index in [1.165, 1.54) is 18.4 Å². The summed E-state index contributed by atoms with van der Waals surface area (Å²) in [6, 6.07) is 15.7. The van der Waals surface area contributed by atoms with Gasteiger partial charge in [-0.2, -0.15) is 0 Å². The van der Waals surface area contributed by atoms with Crippen LogP contribution in [0.3, 0.4) is 0 Å². The van der Waals surface area contributed by atoms with E-state index in [1.54, 1.807) is 24.4 Å². The monoisotopic (exact) mass is 313 g/mol. The highest BCUT2D eigenvalue weighted by atomic mass is 16.7. The van der Waals surface area contributed by atoms with Gasteiger partial charge >= 0.3 is 6.16 Å². The van der Waals surface area contributed by atoms with Crippen LogP contribution in [-0.2, 0) is 11.2 Å². The molecule has 1 aromatic heterocycles. The topological polar surface area (TPSA) is 48.4 Å². The van der Waals surface area contributed by atoms with Gasteiger partial charge in [0, 0.05) is 12.3 Å². The molecule has 0 fully saturated rings. The number of nitrogens with zero attached hydrogens (tertiary/aromatic N) is 1. The summed E-state index contributed by atoms with van der Waals surface area (Å²) in [6.45, 7) is 0.393. The van der Waals surface area contributed by atoms with E-state index in [-0.39, 0.29) is 5.88 Å². The Kier molecular flexibility index (Phi) is 7.67. The Bertz CT molecular complexity index is 557. The minimum absolute atomic E-state index is 0.262. The third-order valence-corrected chi connectivity index (χ3v) is 3.50. The van der Waals surface area contributed by atoms with E-state index in [9.17, 15) is 4.79 Å². The van der Waals surface area contributed by atoms with Crippen LogP contribution in [0.1, 0.15) is 37.7 Å². The molecule has 0 saturated carbocycles. The molecule has 122 valence electrons. The third-order valence-electron chi connectivity index (χ3n) is 3.50. The van der Waals surface area contributed by atoms with Crippen molar-refractivity contribution in [3.63, 3.8) is 0 Å². The maximum absolute atomic E-state index is 11.4. The number of pyridine rings is 1. The number of carbonyl (C=O) groups excluding carboxylic acids is 1. The highest BCUT2D eigenvalue weighted by molar-refractivity contribution is 5.62. The fourth-order valence-electron chi connectivity index (χ4n) is 2.28. The minimum Gasteiger partial charge on any atom is -0.434 e. The number of aryl methyl sites for hydroxylation is 1. The maximum Gasteiger partial charge on any atom is 0.515 e. The van der Waals surface area contributed by atoms with Gasteiger partial charge in [0.25, 0.3) is 0 Å². The van der Waals surface area contributed by atoms with Gasteiger partial charge in [-0.15, -0.1) is 0 Å². The number of unbranched alkanes of at least 4 members (excludes halogenated alkanes) is 4. The molecule has 23 heavy (non-hydrogen) atoms. The van der Waals surface area contributed by atoms with Gasteiger partial charge in [-0.1, -0.05) is 55.7 Å². The van der Waals surface area contributed by atoms with Crippen molar-refractivity contribution in [2.45, 2.75) is 38.5 Å². The highest BCUT2D eigenvalue weighted by Gasteiger charge is 2.05. The number of ether oxygens (including phenoxy) is 2. The van der Waals surface area contributed by atoms with Gasteiger partial charge in [0.2, 0.25) is 5.88 Å². The molecule has 4 heteroatoms. The second-order valence-electron chi connectivity index (χ2n) is 5.37. The molecule has 0 aliphatic heterocycles. The smallest absolute Gasteiger partial charge is 0.434 e. The first kappa shape index (κ1) is 17.0. The number of hydrogen-bond acceptors (Lipinski definition) is 4. The van der Waals surface area contributed by atoms with Crippen LogP contribution < -0.4 is 4.74 Å². The Morgan fingerprint density at radius 2 is 1.61 bits per heavy atom. The first-order valence-corrected chi connectivity index (χ1v) is 8.14. The van der Waals surface area contributed by atoms with E-state index in [2.05, 4.69) is 29.2 Å². The van der Waals surface area contributed by atoms with Crippen LogP contribution in [0, 0.1) is 0 Å². The lowest BCUT2D eigenvalue weighted by atomic mass is 10.1.